The fourth-order valence-corrected chi connectivity index (χ4v) is 2.47. The first-order chi connectivity index (χ1) is 7.90. The second kappa shape index (κ2) is 5.51. The fourth-order valence-electron chi connectivity index (χ4n) is 1.61. The molecule has 0 amide bonds. The molecule has 1 atom stereocenters. The van der Waals surface area contributed by atoms with Gasteiger partial charge in [-0.05, 0) is 38.0 Å². The van der Waals surface area contributed by atoms with E-state index in [-0.39, 0.29) is 12.4 Å². The number of halogens is 1. The Hall–Kier alpha value is -1.07. The Balaban J connectivity index is 3.22. The minimum atomic E-state index is -1.39. The summed E-state index contributed by atoms with van der Waals surface area (Å²) in [5.41, 5.74) is 1.48. The lowest BCUT2D eigenvalue weighted by Gasteiger charge is -2.16. The maximum absolute atomic E-state index is 11.5. The van der Waals surface area contributed by atoms with Crippen LogP contribution in [0.25, 0.3) is 0 Å². The van der Waals surface area contributed by atoms with E-state index < -0.39 is 12.1 Å². The molecule has 5 heteroatoms. The third-order valence-electron chi connectivity index (χ3n) is 2.52. The van der Waals surface area contributed by atoms with E-state index in [2.05, 4.69) is 15.9 Å². The van der Waals surface area contributed by atoms with Crippen LogP contribution < -0.4 is 0 Å². The molecule has 1 aromatic rings. The number of rotatable bonds is 3. The zero-order chi connectivity index (χ0) is 13.2. The number of hydrogen-bond donors (Lipinski definition) is 2. The van der Waals surface area contributed by atoms with Crippen LogP contribution in [0.3, 0.4) is 0 Å². The highest BCUT2D eigenvalue weighted by Gasteiger charge is 2.25. The Kier molecular flexibility index (Phi) is 4.54. The Morgan fingerprint density at radius 1 is 1.53 bits per heavy atom. The number of phenolic OH excluding ortho intramolecular Hbond substituents is 1. The third kappa shape index (κ3) is 2.79. The monoisotopic (exact) mass is 302 g/mol. The molecule has 0 aromatic heterocycles. The molecule has 0 spiro atoms. The van der Waals surface area contributed by atoms with Gasteiger partial charge in [-0.15, -0.1) is 0 Å². The molecule has 2 N–H and O–H groups in total. The summed E-state index contributed by atoms with van der Waals surface area (Å²) in [6.45, 7) is 5.25. The van der Waals surface area contributed by atoms with Crippen LogP contribution in [0, 0.1) is 13.8 Å². The standard InChI is InChI=1S/C12H15BrO4/c1-4-17-12(16)11(15)9-7(3)10(14)6(2)5-8(9)13/h5,11,14-15H,4H2,1-3H3. The van der Waals surface area contributed by atoms with Gasteiger partial charge in [-0.1, -0.05) is 15.9 Å². The summed E-state index contributed by atoms with van der Waals surface area (Å²) in [5, 5.41) is 19.7. The Morgan fingerprint density at radius 3 is 2.65 bits per heavy atom. The molecule has 0 aliphatic carbocycles. The fraction of sp³-hybridized carbons (Fsp3) is 0.417. The van der Waals surface area contributed by atoms with Gasteiger partial charge in [0.2, 0.25) is 0 Å². The number of carbonyl (C=O) groups excluding carboxylic acids is 1. The van der Waals surface area contributed by atoms with Crippen LogP contribution >= 0.6 is 15.9 Å². The largest absolute Gasteiger partial charge is 0.507 e. The quantitative estimate of drug-likeness (QED) is 0.841. The molecule has 0 aliphatic heterocycles. The Labute approximate surface area is 108 Å². The van der Waals surface area contributed by atoms with Crippen molar-refractivity contribution >= 4 is 21.9 Å². The number of aliphatic hydroxyl groups is 1. The van der Waals surface area contributed by atoms with Gasteiger partial charge in [0.1, 0.15) is 5.75 Å². The van der Waals surface area contributed by atoms with Crippen molar-refractivity contribution in [1.82, 2.24) is 0 Å². The van der Waals surface area contributed by atoms with Crippen LogP contribution in [0.2, 0.25) is 0 Å². The van der Waals surface area contributed by atoms with E-state index in [1.165, 1.54) is 0 Å². The summed E-state index contributed by atoms with van der Waals surface area (Å²) >= 11 is 3.27. The number of phenols is 1. The van der Waals surface area contributed by atoms with Crippen molar-refractivity contribution < 1.29 is 19.7 Å². The number of aryl methyl sites for hydroxylation is 1. The molecule has 1 unspecified atom stereocenters. The second-order valence-electron chi connectivity index (χ2n) is 3.72. The van der Waals surface area contributed by atoms with Crippen LogP contribution in [0.5, 0.6) is 5.75 Å². The molecule has 0 radical (unpaired) electrons. The normalized spacial score (nSPS) is 12.3. The van der Waals surface area contributed by atoms with Crippen molar-refractivity contribution in [3.63, 3.8) is 0 Å². The predicted octanol–water partition coefficient (Wildman–Crippen LogP) is 2.37. The van der Waals surface area contributed by atoms with Crippen molar-refractivity contribution in [3.8, 4) is 5.75 Å². The van der Waals surface area contributed by atoms with Gasteiger partial charge in [0.25, 0.3) is 0 Å². The molecule has 94 valence electrons. The summed E-state index contributed by atoms with van der Waals surface area (Å²) in [4.78, 5) is 11.5. The van der Waals surface area contributed by atoms with Crippen molar-refractivity contribution in [2.75, 3.05) is 6.61 Å². The molecule has 0 saturated heterocycles. The predicted molar refractivity (Wildman–Crippen MR) is 66.9 cm³/mol. The lowest BCUT2D eigenvalue weighted by Crippen LogP contribution is -2.17. The van der Waals surface area contributed by atoms with Gasteiger partial charge in [-0.2, -0.15) is 0 Å². The van der Waals surface area contributed by atoms with Gasteiger partial charge in [-0.3, -0.25) is 0 Å². The van der Waals surface area contributed by atoms with Crippen molar-refractivity contribution in [3.05, 3.63) is 27.2 Å². The summed E-state index contributed by atoms with van der Waals surface area (Å²) in [6.07, 6.45) is -1.39. The SMILES string of the molecule is CCOC(=O)C(O)c1c(Br)cc(C)c(O)c1C. The first kappa shape index (κ1) is 14.0. The molecule has 4 nitrogen and oxygen atoms in total. The molecule has 0 bridgehead atoms. The molecular formula is C12H15BrO4. The smallest absolute Gasteiger partial charge is 0.339 e. The Morgan fingerprint density at radius 2 is 2.12 bits per heavy atom. The van der Waals surface area contributed by atoms with E-state index in [9.17, 15) is 15.0 Å². The highest BCUT2D eigenvalue weighted by atomic mass is 79.9. The van der Waals surface area contributed by atoms with Crippen molar-refractivity contribution in [1.29, 1.82) is 0 Å². The topological polar surface area (TPSA) is 66.8 Å². The number of ether oxygens (including phenoxy) is 1. The number of aromatic hydroxyl groups is 1. The summed E-state index contributed by atoms with van der Waals surface area (Å²) in [7, 11) is 0. The molecule has 1 aromatic carbocycles. The van der Waals surface area contributed by atoms with Crippen LogP contribution in [0.15, 0.2) is 10.5 Å². The van der Waals surface area contributed by atoms with Crippen LogP contribution in [0.1, 0.15) is 29.7 Å². The third-order valence-corrected chi connectivity index (χ3v) is 3.17. The molecule has 1 rings (SSSR count). The lowest BCUT2D eigenvalue weighted by molar-refractivity contribution is -0.153. The number of aliphatic hydroxyl groups excluding tert-OH is 1. The van der Waals surface area contributed by atoms with Gasteiger partial charge in [0.15, 0.2) is 6.10 Å². The van der Waals surface area contributed by atoms with E-state index in [0.29, 0.717) is 21.2 Å². The van der Waals surface area contributed by atoms with Gasteiger partial charge >= 0.3 is 5.97 Å². The first-order valence-electron chi connectivity index (χ1n) is 5.23. The zero-order valence-corrected chi connectivity index (χ0v) is 11.5. The van der Waals surface area contributed by atoms with Crippen molar-refractivity contribution in [2.24, 2.45) is 0 Å². The van der Waals surface area contributed by atoms with Crippen molar-refractivity contribution in [2.45, 2.75) is 26.9 Å². The van der Waals surface area contributed by atoms with E-state index in [4.69, 9.17) is 4.74 Å². The first-order valence-corrected chi connectivity index (χ1v) is 6.02. The van der Waals surface area contributed by atoms with Gasteiger partial charge < -0.3 is 14.9 Å². The number of hydrogen-bond acceptors (Lipinski definition) is 4. The molecule has 17 heavy (non-hydrogen) atoms. The van der Waals surface area contributed by atoms with E-state index in [0.717, 1.165) is 0 Å². The summed E-state index contributed by atoms with van der Waals surface area (Å²) in [6, 6.07) is 1.65. The average Bonchev–Trinajstić information content (AvgIpc) is 2.26. The van der Waals surface area contributed by atoms with Gasteiger partial charge in [0.05, 0.1) is 6.61 Å². The molecule has 0 heterocycles. The van der Waals surface area contributed by atoms with Gasteiger partial charge in [-0.25, -0.2) is 4.79 Å². The summed E-state index contributed by atoms with van der Waals surface area (Å²) in [5.74, 6) is -0.647. The second-order valence-corrected chi connectivity index (χ2v) is 4.57. The minimum Gasteiger partial charge on any atom is -0.507 e. The van der Waals surface area contributed by atoms with Crippen LogP contribution in [-0.2, 0) is 9.53 Å². The molecular weight excluding hydrogens is 288 g/mol. The maximum Gasteiger partial charge on any atom is 0.339 e. The molecule has 0 fully saturated rings. The van der Waals surface area contributed by atoms with E-state index >= 15 is 0 Å². The number of benzene rings is 1. The van der Waals surface area contributed by atoms with E-state index in [1.807, 2.05) is 0 Å². The zero-order valence-electron chi connectivity index (χ0n) is 9.95. The van der Waals surface area contributed by atoms with Gasteiger partial charge in [0, 0.05) is 10.0 Å². The minimum absolute atomic E-state index is 0.0755. The highest BCUT2D eigenvalue weighted by Crippen LogP contribution is 2.35. The van der Waals surface area contributed by atoms with Crippen LogP contribution in [0.4, 0.5) is 0 Å². The molecule has 0 aliphatic rings. The summed E-state index contributed by atoms with van der Waals surface area (Å²) < 4.78 is 5.32. The average molecular weight is 303 g/mol. The maximum atomic E-state index is 11.5. The van der Waals surface area contributed by atoms with E-state index in [1.54, 1.807) is 26.8 Å². The van der Waals surface area contributed by atoms with Crippen LogP contribution in [-0.4, -0.2) is 22.8 Å². The highest BCUT2D eigenvalue weighted by molar-refractivity contribution is 9.10. The Bertz CT molecular complexity index is 443. The molecule has 0 saturated carbocycles. The lowest BCUT2D eigenvalue weighted by atomic mass is 9.99. The number of esters is 1. The number of carbonyl (C=O) groups is 1.